The zero-order valence-electron chi connectivity index (χ0n) is 20.2. The quantitative estimate of drug-likeness (QED) is 0.480. The van der Waals surface area contributed by atoms with Crippen LogP contribution in [0.25, 0.3) is 0 Å². The van der Waals surface area contributed by atoms with Crippen molar-refractivity contribution in [3.05, 3.63) is 11.6 Å². The van der Waals surface area contributed by atoms with Crippen LogP contribution in [-0.2, 0) is 23.8 Å². The van der Waals surface area contributed by atoms with Gasteiger partial charge in [-0.05, 0) is 55.8 Å². The number of carbonyl (C=O) groups excluding carboxylic acids is 2. The molecule has 5 aliphatic rings. The van der Waals surface area contributed by atoms with Crippen LogP contribution in [0.1, 0.15) is 79.1 Å². The predicted octanol–water partition coefficient (Wildman–Crippen LogP) is 3.26. The van der Waals surface area contributed by atoms with Crippen molar-refractivity contribution in [1.29, 1.82) is 0 Å². The molecule has 10 atom stereocenters. The lowest BCUT2D eigenvalue weighted by molar-refractivity contribution is -0.225. The third-order valence-electron chi connectivity index (χ3n) is 10.1. The van der Waals surface area contributed by atoms with Crippen molar-refractivity contribution < 1.29 is 34.0 Å². The topological polar surface area (TPSA) is 102 Å². The minimum absolute atomic E-state index is 0.00534. The number of ether oxygens (including phenoxy) is 3. The van der Waals surface area contributed by atoms with Crippen LogP contribution in [0, 0.1) is 28.6 Å². The molecular weight excluding hydrogens is 424 g/mol. The van der Waals surface area contributed by atoms with Crippen molar-refractivity contribution in [3.8, 4) is 0 Å². The van der Waals surface area contributed by atoms with E-state index in [0.29, 0.717) is 19.3 Å². The molecule has 0 aromatic heterocycles. The summed E-state index contributed by atoms with van der Waals surface area (Å²) < 4.78 is 17.8. The summed E-state index contributed by atoms with van der Waals surface area (Å²) in [5.41, 5.74) is 0.171. The molecule has 1 aliphatic heterocycles. The van der Waals surface area contributed by atoms with E-state index < -0.39 is 18.0 Å². The van der Waals surface area contributed by atoms with Gasteiger partial charge in [0.2, 0.25) is 0 Å². The molecule has 4 fully saturated rings. The van der Waals surface area contributed by atoms with Gasteiger partial charge in [0, 0.05) is 38.0 Å². The number of aliphatic hydroxyl groups is 2. The van der Waals surface area contributed by atoms with Gasteiger partial charge in [0.05, 0.1) is 11.7 Å². The molecule has 0 radical (unpaired) electrons. The van der Waals surface area contributed by atoms with E-state index in [2.05, 4.69) is 13.8 Å². The van der Waals surface area contributed by atoms with Crippen LogP contribution in [0.5, 0.6) is 0 Å². The van der Waals surface area contributed by atoms with Crippen LogP contribution in [0.15, 0.2) is 11.6 Å². The first-order valence-corrected chi connectivity index (χ1v) is 12.6. The molecule has 2 N–H and O–H groups in total. The largest absolute Gasteiger partial charge is 0.462 e. The summed E-state index contributed by atoms with van der Waals surface area (Å²) in [6.07, 6.45) is 6.18. The molecule has 2 unspecified atom stereocenters. The fourth-order valence-electron chi connectivity index (χ4n) is 8.77. The third kappa shape index (κ3) is 3.41. The fourth-order valence-corrected chi connectivity index (χ4v) is 8.77. The highest BCUT2D eigenvalue weighted by atomic mass is 16.6. The molecule has 7 nitrogen and oxygen atoms in total. The predicted molar refractivity (Wildman–Crippen MR) is 119 cm³/mol. The molecule has 0 aromatic rings. The van der Waals surface area contributed by atoms with Crippen molar-refractivity contribution in [2.24, 2.45) is 28.6 Å². The summed E-state index contributed by atoms with van der Waals surface area (Å²) in [7, 11) is 0. The molecule has 1 heterocycles. The Bertz CT molecular complexity index is 869. The van der Waals surface area contributed by atoms with E-state index in [1.54, 1.807) is 0 Å². The van der Waals surface area contributed by atoms with E-state index in [9.17, 15) is 19.8 Å². The van der Waals surface area contributed by atoms with Crippen molar-refractivity contribution in [2.75, 3.05) is 0 Å². The van der Waals surface area contributed by atoms with E-state index in [0.717, 1.165) is 37.7 Å². The summed E-state index contributed by atoms with van der Waals surface area (Å²) in [4.78, 5) is 23.8. The molecule has 5 rings (SSSR count). The van der Waals surface area contributed by atoms with Crippen LogP contribution in [0.2, 0.25) is 0 Å². The van der Waals surface area contributed by atoms with Gasteiger partial charge in [0.1, 0.15) is 12.2 Å². The Morgan fingerprint density at radius 3 is 2.36 bits per heavy atom. The minimum atomic E-state index is -0.748. The molecule has 184 valence electrons. The molecule has 4 aliphatic carbocycles. The fraction of sp³-hybridized carbons (Fsp3) is 0.846. The average molecular weight is 463 g/mol. The van der Waals surface area contributed by atoms with E-state index >= 15 is 0 Å². The minimum Gasteiger partial charge on any atom is -0.462 e. The first-order chi connectivity index (χ1) is 15.5. The lowest BCUT2D eigenvalue weighted by Gasteiger charge is -2.62. The molecule has 7 heteroatoms. The Kier molecular flexibility index (Phi) is 5.50. The highest BCUT2D eigenvalue weighted by Gasteiger charge is 2.70. The number of aliphatic hydroxyl groups excluding tert-OH is 2. The second kappa shape index (κ2) is 7.79. The first-order valence-electron chi connectivity index (χ1n) is 12.6. The summed E-state index contributed by atoms with van der Waals surface area (Å²) in [6.45, 7) is 7.36. The van der Waals surface area contributed by atoms with Crippen molar-refractivity contribution in [1.82, 2.24) is 0 Å². The maximum atomic E-state index is 12.2. The normalized spacial score (nSPS) is 50.7. The Morgan fingerprint density at radius 1 is 1.03 bits per heavy atom. The van der Waals surface area contributed by atoms with E-state index in [4.69, 9.17) is 14.2 Å². The zero-order chi connectivity index (χ0) is 23.8. The first kappa shape index (κ1) is 23.3. The lowest BCUT2D eigenvalue weighted by atomic mass is 9.45. The van der Waals surface area contributed by atoms with Crippen LogP contribution in [-0.4, -0.2) is 52.4 Å². The number of esters is 2. The number of fused-ring (bicyclic) bond motifs is 6. The van der Waals surface area contributed by atoms with Crippen LogP contribution < -0.4 is 0 Å². The number of hydrogen-bond donors (Lipinski definition) is 2. The van der Waals surface area contributed by atoms with Gasteiger partial charge in [-0.15, -0.1) is 0 Å². The van der Waals surface area contributed by atoms with Crippen LogP contribution in [0.3, 0.4) is 0 Å². The second-order valence-electron chi connectivity index (χ2n) is 11.7. The molecule has 0 aromatic carbocycles. The zero-order valence-corrected chi connectivity index (χ0v) is 20.2. The standard InChI is InChI=1S/C26H38O7/c1-14(27)31-17-5-8-24(3)16(11-17)12-19(29)22-18-6-9-26(10-7-21(30)33-26)25(18,4)13-20(23(22)24)32-15(2)28/h12,17-23,29-30H,5-11,13H2,1-4H3/t17-,18-,19-,20+,21?,22+,23?,24-,25-,26+/m0/s1. The maximum Gasteiger partial charge on any atom is 0.302 e. The summed E-state index contributed by atoms with van der Waals surface area (Å²) in [5.74, 6) is -0.417. The molecule has 1 spiro atoms. The van der Waals surface area contributed by atoms with Crippen molar-refractivity contribution >= 4 is 11.9 Å². The molecule has 0 bridgehead atoms. The summed E-state index contributed by atoms with van der Waals surface area (Å²) in [5, 5.41) is 21.7. The van der Waals surface area contributed by atoms with Gasteiger partial charge in [0.15, 0.2) is 6.29 Å². The van der Waals surface area contributed by atoms with Crippen molar-refractivity contribution in [3.63, 3.8) is 0 Å². The molecule has 1 saturated heterocycles. The molecule has 3 saturated carbocycles. The Balaban J connectivity index is 1.55. The van der Waals surface area contributed by atoms with Crippen molar-refractivity contribution in [2.45, 2.75) is 109 Å². The molecule has 33 heavy (non-hydrogen) atoms. The van der Waals surface area contributed by atoms with Gasteiger partial charge < -0.3 is 24.4 Å². The SMILES string of the molecule is CC(=O)O[C@H]1CC[C@@]2(C)C(=C[C@H](O)[C@@H]3C2[C@H](OC(C)=O)C[C@@]2(C)[C@H]3CC[C@@]23CCC(O)O3)C1. The van der Waals surface area contributed by atoms with Gasteiger partial charge in [-0.1, -0.05) is 25.5 Å². The Morgan fingerprint density at radius 2 is 1.73 bits per heavy atom. The maximum absolute atomic E-state index is 12.2. The van der Waals surface area contributed by atoms with Gasteiger partial charge in [0.25, 0.3) is 0 Å². The Hall–Kier alpha value is -1.44. The van der Waals surface area contributed by atoms with E-state index in [-0.39, 0.29) is 52.7 Å². The average Bonchev–Trinajstić information content (AvgIpc) is 3.22. The smallest absolute Gasteiger partial charge is 0.302 e. The number of rotatable bonds is 2. The van der Waals surface area contributed by atoms with Crippen LogP contribution >= 0.6 is 0 Å². The summed E-state index contributed by atoms with van der Waals surface area (Å²) in [6, 6.07) is 0. The monoisotopic (exact) mass is 462 g/mol. The second-order valence-corrected chi connectivity index (χ2v) is 11.7. The summed E-state index contributed by atoms with van der Waals surface area (Å²) >= 11 is 0. The van der Waals surface area contributed by atoms with Gasteiger partial charge in [-0.3, -0.25) is 9.59 Å². The van der Waals surface area contributed by atoms with E-state index in [1.807, 2.05) is 6.08 Å². The van der Waals surface area contributed by atoms with Gasteiger partial charge in [-0.2, -0.15) is 0 Å². The van der Waals surface area contributed by atoms with Gasteiger partial charge >= 0.3 is 11.9 Å². The molecular formula is C26H38O7. The highest BCUT2D eigenvalue weighted by molar-refractivity contribution is 5.66. The number of hydrogen-bond acceptors (Lipinski definition) is 7. The highest BCUT2D eigenvalue weighted by Crippen LogP contribution is 2.70. The third-order valence-corrected chi connectivity index (χ3v) is 10.1. The van der Waals surface area contributed by atoms with E-state index in [1.165, 1.54) is 13.8 Å². The Labute approximate surface area is 195 Å². The van der Waals surface area contributed by atoms with Crippen LogP contribution in [0.4, 0.5) is 0 Å². The van der Waals surface area contributed by atoms with Gasteiger partial charge in [-0.25, -0.2) is 0 Å². The number of carbonyl (C=O) groups is 2. The lowest BCUT2D eigenvalue weighted by Crippen LogP contribution is -2.63. The molecule has 0 amide bonds.